The van der Waals surface area contributed by atoms with Crippen LogP contribution in [0.1, 0.15) is 243 Å². The van der Waals surface area contributed by atoms with Crippen molar-refractivity contribution in [1.29, 1.82) is 0 Å². The van der Waals surface area contributed by atoms with E-state index >= 15 is 0 Å². The molecule has 3 rings (SSSR count). The Morgan fingerprint density at radius 2 is 0.769 bits per heavy atom. The molecule has 0 fully saturated rings. The first-order chi connectivity index (χ1) is 23.5. The predicted molar refractivity (Wildman–Crippen MR) is 228 cm³/mol. The van der Waals surface area contributed by atoms with Crippen LogP contribution in [0.5, 0.6) is 0 Å². The predicted octanol–water partition coefficient (Wildman–Crippen LogP) is 13.1. The number of hydrogen-bond acceptors (Lipinski definition) is 3. The molecule has 2 aromatic rings. The smallest absolute Gasteiger partial charge is 0.501 e. The quantitative estimate of drug-likeness (QED) is 0.142. The van der Waals surface area contributed by atoms with Gasteiger partial charge in [0, 0.05) is 6.42 Å². The maximum atomic E-state index is 5.13. The van der Waals surface area contributed by atoms with Crippen molar-refractivity contribution < 1.29 is 4.74 Å². The van der Waals surface area contributed by atoms with Crippen molar-refractivity contribution in [2.24, 2.45) is 0 Å². The summed E-state index contributed by atoms with van der Waals surface area (Å²) in [5.41, 5.74) is 5.51. The van der Waals surface area contributed by atoms with Crippen molar-refractivity contribution in [3.63, 3.8) is 0 Å². The number of aromatic nitrogens is 4. The standard InChI is InChI=1S/2C21H39N2.C4H6O.Ca/c2*1-10-13-19(4,5)16-17(20(6,7)14-11-2)23-18(22-16)21(8,9)15-12-3;1-2-4-5-3-1;/h2*10-15H2,1-9H3;1,3H,2,4H2;/q2*-1;;+2. The molecule has 1 aliphatic heterocycles. The van der Waals surface area contributed by atoms with Gasteiger partial charge in [-0.1, -0.05) is 198 Å². The summed E-state index contributed by atoms with van der Waals surface area (Å²) in [7, 11) is 0. The van der Waals surface area contributed by atoms with Gasteiger partial charge in [0.25, 0.3) is 0 Å². The Balaban J connectivity index is 0.000000863. The third kappa shape index (κ3) is 14.7. The first-order valence-corrected chi connectivity index (χ1v) is 20.9. The average Bonchev–Trinajstić information content (AvgIpc) is 3.80. The molecule has 1 aliphatic rings. The molecular formula is C46H84CaN4O. The first kappa shape index (κ1) is 51.2. The molecule has 0 bridgehead atoms. The monoisotopic (exact) mass is 749 g/mol. The van der Waals surface area contributed by atoms with E-state index in [1.54, 1.807) is 6.26 Å². The molecule has 0 amide bonds. The molecule has 0 aliphatic carbocycles. The summed E-state index contributed by atoms with van der Waals surface area (Å²) in [4.78, 5) is 20.5. The number of hydrogen-bond donors (Lipinski definition) is 0. The minimum Gasteiger partial charge on any atom is -0.501 e. The number of imidazole rings is 2. The number of ether oxygens (including phenoxy) is 1. The van der Waals surface area contributed by atoms with Crippen molar-refractivity contribution in [3.05, 3.63) is 46.8 Å². The van der Waals surface area contributed by atoms with Gasteiger partial charge in [-0.2, -0.15) is 0 Å². The Hall–Kier alpha value is -0.780. The molecule has 5 nitrogen and oxygen atoms in total. The Bertz CT molecular complexity index is 1140. The van der Waals surface area contributed by atoms with Crippen molar-refractivity contribution >= 4 is 37.7 Å². The van der Waals surface area contributed by atoms with Gasteiger partial charge in [0.2, 0.25) is 0 Å². The van der Waals surface area contributed by atoms with Crippen LogP contribution in [0, 0.1) is 0 Å². The summed E-state index contributed by atoms with van der Waals surface area (Å²) < 4.78 is 4.76. The van der Waals surface area contributed by atoms with Crippen LogP contribution in [0.4, 0.5) is 0 Å². The second-order valence-corrected chi connectivity index (χ2v) is 19.3. The fourth-order valence-corrected chi connectivity index (χ4v) is 7.97. The van der Waals surface area contributed by atoms with Crippen LogP contribution in [0.2, 0.25) is 0 Å². The van der Waals surface area contributed by atoms with Gasteiger partial charge in [0.15, 0.2) is 0 Å². The molecule has 0 unspecified atom stereocenters. The van der Waals surface area contributed by atoms with Gasteiger partial charge < -0.3 is 24.7 Å². The zero-order valence-corrected chi connectivity index (χ0v) is 40.2. The Labute approximate surface area is 353 Å². The van der Waals surface area contributed by atoms with Crippen LogP contribution in [0.25, 0.3) is 0 Å². The SMILES string of the molecule is C1=COCC1.CCCC(C)(C)c1nc(C(C)(C)CCC)c(C(C)(C)CCC)[n-]1.CCCC(C)(C)c1nc(C(C)(C)CCC)c(C(C)(C)CCC)[n-]1.[Ca+2]. The Morgan fingerprint density at radius 1 is 0.481 bits per heavy atom. The third-order valence-electron chi connectivity index (χ3n) is 10.9. The number of nitrogens with zero attached hydrogens (tertiary/aromatic N) is 4. The third-order valence-corrected chi connectivity index (χ3v) is 10.9. The second-order valence-electron chi connectivity index (χ2n) is 19.3. The van der Waals surface area contributed by atoms with Crippen LogP contribution in [-0.2, 0) is 37.2 Å². The number of rotatable bonds is 18. The van der Waals surface area contributed by atoms with Gasteiger partial charge in [0.1, 0.15) is 0 Å². The molecule has 296 valence electrons. The molecule has 6 heteroatoms. The minimum absolute atomic E-state index is 0. The molecule has 0 N–H and O–H groups in total. The fraction of sp³-hybridized carbons (Fsp3) is 0.826. The van der Waals surface area contributed by atoms with Crippen molar-refractivity contribution in [3.8, 4) is 0 Å². The average molecular weight is 749 g/mol. The summed E-state index contributed by atoms with van der Waals surface area (Å²) in [6.45, 7) is 42.3. The molecule has 0 saturated heterocycles. The van der Waals surface area contributed by atoms with E-state index in [1.165, 1.54) is 61.3 Å². The van der Waals surface area contributed by atoms with Gasteiger partial charge in [-0.05, 0) is 77.1 Å². The van der Waals surface area contributed by atoms with E-state index in [4.69, 9.17) is 24.7 Å². The van der Waals surface area contributed by atoms with E-state index < -0.39 is 0 Å². The second kappa shape index (κ2) is 22.1. The maximum Gasteiger partial charge on any atom is 2.00 e. The summed E-state index contributed by atoms with van der Waals surface area (Å²) in [6, 6.07) is 0. The maximum absolute atomic E-state index is 5.13. The van der Waals surface area contributed by atoms with Gasteiger partial charge in [-0.3, -0.25) is 0 Å². The molecule has 0 saturated carbocycles. The van der Waals surface area contributed by atoms with Crippen LogP contribution >= 0.6 is 0 Å². The topological polar surface area (TPSA) is 63.2 Å². The molecule has 0 atom stereocenters. The van der Waals surface area contributed by atoms with Crippen molar-refractivity contribution in [1.82, 2.24) is 19.9 Å². The zero-order valence-electron chi connectivity index (χ0n) is 38.0. The Kier molecular flexibility index (Phi) is 21.8. The normalized spacial score (nSPS) is 13.9. The molecule has 52 heavy (non-hydrogen) atoms. The van der Waals surface area contributed by atoms with E-state index in [0.717, 1.165) is 63.2 Å². The van der Waals surface area contributed by atoms with E-state index in [1.807, 2.05) is 6.08 Å². The van der Waals surface area contributed by atoms with E-state index in [9.17, 15) is 0 Å². The molecule has 0 radical (unpaired) electrons. The minimum atomic E-state index is 0. The molecule has 0 spiro atoms. The Morgan fingerprint density at radius 3 is 1.00 bits per heavy atom. The van der Waals surface area contributed by atoms with Crippen LogP contribution in [0.15, 0.2) is 12.3 Å². The van der Waals surface area contributed by atoms with Gasteiger partial charge in [-0.15, -0.1) is 0 Å². The summed E-state index contributed by atoms with van der Waals surface area (Å²) in [6.07, 6.45) is 18.8. The van der Waals surface area contributed by atoms with E-state index in [-0.39, 0.29) is 70.2 Å². The van der Waals surface area contributed by atoms with E-state index in [2.05, 4.69) is 125 Å². The molecule has 2 aromatic heterocycles. The van der Waals surface area contributed by atoms with Crippen molar-refractivity contribution in [2.75, 3.05) is 6.61 Å². The zero-order chi connectivity index (χ0) is 39.3. The first-order valence-electron chi connectivity index (χ1n) is 20.9. The summed E-state index contributed by atoms with van der Waals surface area (Å²) >= 11 is 0. The van der Waals surface area contributed by atoms with Crippen LogP contribution in [0.3, 0.4) is 0 Å². The fourth-order valence-electron chi connectivity index (χ4n) is 7.97. The summed E-state index contributed by atoms with van der Waals surface area (Å²) in [5, 5.41) is 0. The van der Waals surface area contributed by atoms with Gasteiger partial charge >= 0.3 is 37.7 Å². The molecular weight excluding hydrogens is 665 g/mol. The van der Waals surface area contributed by atoms with Gasteiger partial charge in [-0.25, -0.2) is 0 Å². The summed E-state index contributed by atoms with van der Waals surface area (Å²) in [5.74, 6) is 2.11. The molecule has 3 heterocycles. The molecule has 0 aromatic carbocycles. The van der Waals surface area contributed by atoms with Gasteiger partial charge in [0.05, 0.1) is 12.9 Å². The van der Waals surface area contributed by atoms with E-state index in [0.29, 0.717) is 0 Å². The van der Waals surface area contributed by atoms with Crippen LogP contribution in [-0.4, -0.2) is 54.3 Å². The van der Waals surface area contributed by atoms with Crippen molar-refractivity contribution in [2.45, 2.75) is 241 Å². The largest absolute Gasteiger partial charge is 2.00 e. The van der Waals surface area contributed by atoms with Crippen LogP contribution < -0.4 is 9.97 Å².